The Morgan fingerprint density at radius 1 is 1.20 bits per heavy atom. The fraction of sp³-hybridized carbons (Fsp3) is 0.429. The van der Waals surface area contributed by atoms with E-state index < -0.39 is 0 Å². The van der Waals surface area contributed by atoms with Gasteiger partial charge in [-0.05, 0) is 30.5 Å². The van der Waals surface area contributed by atoms with Gasteiger partial charge < -0.3 is 10.1 Å². The van der Waals surface area contributed by atoms with Crippen molar-refractivity contribution in [3.8, 4) is 5.75 Å². The number of amides is 1. The molecule has 0 bridgehead atoms. The number of methoxy groups -OCH3 is 1. The molecule has 3 aromatic rings. The highest BCUT2D eigenvalue weighted by molar-refractivity contribution is 5.92. The molecule has 1 saturated heterocycles. The SMILES string of the molecule is COc1cccc(Cn2cc(CN3CC(NC(=O)c4cn(C5CC5)nn4)C3)cn2)c1. The van der Waals surface area contributed by atoms with Crippen molar-refractivity contribution in [3.63, 3.8) is 0 Å². The number of nitrogens with zero attached hydrogens (tertiary/aromatic N) is 6. The summed E-state index contributed by atoms with van der Waals surface area (Å²) in [5.74, 6) is 0.710. The third-order valence-electron chi connectivity index (χ3n) is 5.53. The van der Waals surface area contributed by atoms with Gasteiger partial charge in [0.25, 0.3) is 5.91 Å². The van der Waals surface area contributed by atoms with Crippen molar-refractivity contribution in [1.29, 1.82) is 0 Å². The van der Waals surface area contributed by atoms with Gasteiger partial charge in [0.15, 0.2) is 5.69 Å². The molecule has 2 aliphatic rings. The molecule has 1 aliphatic heterocycles. The monoisotopic (exact) mass is 407 g/mol. The number of aromatic nitrogens is 5. The molecule has 3 heterocycles. The van der Waals surface area contributed by atoms with Crippen LogP contribution in [-0.2, 0) is 13.1 Å². The Morgan fingerprint density at radius 3 is 2.87 bits per heavy atom. The van der Waals surface area contributed by atoms with Crippen LogP contribution in [0.5, 0.6) is 5.75 Å². The molecule has 1 amide bonds. The van der Waals surface area contributed by atoms with E-state index >= 15 is 0 Å². The number of ether oxygens (including phenoxy) is 1. The summed E-state index contributed by atoms with van der Waals surface area (Å²) in [7, 11) is 1.67. The first-order valence-corrected chi connectivity index (χ1v) is 10.3. The number of hydrogen-bond acceptors (Lipinski definition) is 6. The number of likely N-dealkylation sites (tertiary alicyclic amines) is 1. The number of hydrogen-bond donors (Lipinski definition) is 1. The van der Waals surface area contributed by atoms with Gasteiger partial charge in [-0.25, -0.2) is 4.68 Å². The van der Waals surface area contributed by atoms with Crippen LogP contribution in [0, 0.1) is 0 Å². The van der Waals surface area contributed by atoms with Gasteiger partial charge in [0, 0.05) is 31.4 Å². The Bertz CT molecular complexity index is 1030. The summed E-state index contributed by atoms with van der Waals surface area (Å²) in [6, 6.07) is 8.59. The van der Waals surface area contributed by atoms with Crippen LogP contribution in [-0.4, -0.2) is 61.8 Å². The lowest BCUT2D eigenvalue weighted by Crippen LogP contribution is -2.58. The second-order valence-electron chi connectivity index (χ2n) is 8.08. The van der Waals surface area contributed by atoms with Crippen LogP contribution in [0.25, 0.3) is 0 Å². The molecule has 0 spiro atoms. The maximum absolute atomic E-state index is 12.3. The van der Waals surface area contributed by atoms with Crippen LogP contribution in [0.15, 0.2) is 42.9 Å². The minimum atomic E-state index is -0.141. The minimum absolute atomic E-state index is 0.141. The summed E-state index contributed by atoms with van der Waals surface area (Å²) < 4.78 is 9.01. The third kappa shape index (κ3) is 4.20. The molecule has 1 N–H and O–H groups in total. The van der Waals surface area contributed by atoms with Gasteiger partial charge in [0.05, 0.1) is 38.1 Å². The van der Waals surface area contributed by atoms with Crippen molar-refractivity contribution in [2.75, 3.05) is 20.2 Å². The average Bonchev–Trinajstić information content (AvgIpc) is 3.28. The third-order valence-corrected chi connectivity index (χ3v) is 5.53. The molecule has 1 aliphatic carbocycles. The smallest absolute Gasteiger partial charge is 0.273 e. The Labute approximate surface area is 174 Å². The average molecular weight is 407 g/mol. The second-order valence-corrected chi connectivity index (χ2v) is 8.08. The van der Waals surface area contributed by atoms with Crippen LogP contribution >= 0.6 is 0 Å². The van der Waals surface area contributed by atoms with Crippen LogP contribution in [0.1, 0.15) is 40.5 Å². The number of carbonyl (C=O) groups is 1. The molecular weight excluding hydrogens is 382 g/mol. The van der Waals surface area contributed by atoms with Gasteiger partial charge in [-0.2, -0.15) is 5.10 Å². The second kappa shape index (κ2) is 7.91. The van der Waals surface area contributed by atoms with E-state index in [1.165, 1.54) is 0 Å². The van der Waals surface area contributed by atoms with E-state index in [9.17, 15) is 4.79 Å². The zero-order valence-corrected chi connectivity index (χ0v) is 16.9. The number of carbonyl (C=O) groups excluding carboxylic acids is 1. The number of rotatable bonds is 8. The first kappa shape index (κ1) is 18.8. The first-order valence-electron chi connectivity index (χ1n) is 10.3. The van der Waals surface area contributed by atoms with Crippen molar-refractivity contribution in [2.24, 2.45) is 0 Å². The van der Waals surface area contributed by atoms with E-state index in [0.717, 1.165) is 49.4 Å². The van der Waals surface area contributed by atoms with E-state index in [1.807, 2.05) is 29.1 Å². The van der Waals surface area contributed by atoms with E-state index in [2.05, 4.69) is 37.9 Å². The van der Waals surface area contributed by atoms with Crippen molar-refractivity contribution in [2.45, 2.75) is 38.0 Å². The minimum Gasteiger partial charge on any atom is -0.497 e. The van der Waals surface area contributed by atoms with Gasteiger partial charge in [-0.15, -0.1) is 5.10 Å². The molecular formula is C21H25N7O2. The number of nitrogens with one attached hydrogen (secondary N) is 1. The fourth-order valence-electron chi connectivity index (χ4n) is 3.74. The Hall–Kier alpha value is -3.20. The summed E-state index contributed by atoms with van der Waals surface area (Å²) in [5.41, 5.74) is 2.71. The van der Waals surface area contributed by atoms with Crippen molar-refractivity contribution in [1.82, 2.24) is 35.0 Å². The molecule has 2 fully saturated rings. The van der Waals surface area contributed by atoms with Crippen molar-refractivity contribution < 1.29 is 9.53 Å². The Balaban J connectivity index is 1.08. The summed E-state index contributed by atoms with van der Waals surface area (Å²) in [5, 5.41) is 15.5. The molecule has 0 atom stereocenters. The van der Waals surface area contributed by atoms with Crippen LogP contribution in [0.2, 0.25) is 0 Å². The predicted molar refractivity (Wildman–Crippen MR) is 109 cm³/mol. The highest BCUT2D eigenvalue weighted by Crippen LogP contribution is 2.33. The zero-order valence-electron chi connectivity index (χ0n) is 16.9. The van der Waals surface area contributed by atoms with Crippen LogP contribution in [0.3, 0.4) is 0 Å². The molecule has 2 aromatic heterocycles. The van der Waals surface area contributed by atoms with Gasteiger partial charge in [0.2, 0.25) is 0 Å². The van der Waals surface area contributed by atoms with E-state index in [-0.39, 0.29) is 11.9 Å². The number of benzene rings is 1. The molecule has 1 saturated carbocycles. The van der Waals surface area contributed by atoms with E-state index in [4.69, 9.17) is 4.74 Å². The highest BCUT2D eigenvalue weighted by atomic mass is 16.5. The Morgan fingerprint density at radius 2 is 2.07 bits per heavy atom. The fourth-order valence-corrected chi connectivity index (χ4v) is 3.74. The standard InChI is InChI=1S/C21H25N7O2/c1-30-19-4-2-3-15(7-19)10-27-11-16(8-22-27)9-26-12-17(13-26)23-21(29)20-14-28(25-24-20)18-5-6-18/h2-4,7-8,11,14,17-18H,5-6,9-10,12-13H2,1H3,(H,23,29). The molecule has 0 unspecified atom stereocenters. The topological polar surface area (TPSA) is 90.1 Å². The quantitative estimate of drug-likeness (QED) is 0.608. The van der Waals surface area contributed by atoms with Gasteiger partial charge in [0.1, 0.15) is 5.75 Å². The molecule has 9 heteroatoms. The highest BCUT2D eigenvalue weighted by Gasteiger charge is 2.30. The summed E-state index contributed by atoms with van der Waals surface area (Å²) in [6.07, 6.45) is 7.97. The molecule has 1 aromatic carbocycles. The van der Waals surface area contributed by atoms with E-state index in [0.29, 0.717) is 18.3 Å². The normalized spacial score (nSPS) is 17.0. The van der Waals surface area contributed by atoms with E-state index in [1.54, 1.807) is 18.0 Å². The van der Waals surface area contributed by atoms with Gasteiger partial charge >= 0.3 is 0 Å². The maximum Gasteiger partial charge on any atom is 0.273 e. The molecule has 9 nitrogen and oxygen atoms in total. The van der Waals surface area contributed by atoms with Gasteiger partial charge in [-0.3, -0.25) is 14.4 Å². The first-order chi connectivity index (χ1) is 14.7. The predicted octanol–water partition coefficient (Wildman–Crippen LogP) is 1.48. The van der Waals surface area contributed by atoms with Gasteiger partial charge in [-0.1, -0.05) is 17.3 Å². The molecule has 5 rings (SSSR count). The summed E-state index contributed by atoms with van der Waals surface area (Å²) in [6.45, 7) is 3.17. The molecule has 0 radical (unpaired) electrons. The lowest BCUT2D eigenvalue weighted by atomic mass is 10.1. The van der Waals surface area contributed by atoms with Crippen LogP contribution in [0.4, 0.5) is 0 Å². The largest absolute Gasteiger partial charge is 0.497 e. The molecule has 30 heavy (non-hydrogen) atoms. The van der Waals surface area contributed by atoms with Crippen molar-refractivity contribution in [3.05, 3.63) is 59.7 Å². The molecule has 156 valence electrons. The summed E-state index contributed by atoms with van der Waals surface area (Å²) in [4.78, 5) is 14.6. The van der Waals surface area contributed by atoms with Crippen molar-refractivity contribution >= 4 is 5.91 Å². The maximum atomic E-state index is 12.3. The van der Waals surface area contributed by atoms with Crippen LogP contribution < -0.4 is 10.1 Å². The lowest BCUT2D eigenvalue weighted by molar-refractivity contribution is 0.0790. The Kier molecular flexibility index (Phi) is 4.96. The zero-order chi connectivity index (χ0) is 20.5. The summed E-state index contributed by atoms with van der Waals surface area (Å²) >= 11 is 0. The lowest BCUT2D eigenvalue weighted by Gasteiger charge is -2.39.